The van der Waals surface area contributed by atoms with Gasteiger partial charge in [-0.05, 0) is 61.3 Å². The second-order valence-corrected chi connectivity index (χ2v) is 7.25. The Bertz CT molecular complexity index is 864. The Morgan fingerprint density at radius 2 is 1.81 bits per heavy atom. The molecule has 1 aliphatic rings. The zero-order valence-electron chi connectivity index (χ0n) is 15.4. The molecule has 3 heterocycles. The first kappa shape index (κ1) is 17.8. The summed E-state index contributed by atoms with van der Waals surface area (Å²) in [5.41, 5.74) is 4.42. The minimum atomic E-state index is -0.198. The summed E-state index contributed by atoms with van der Waals surface area (Å²) in [6, 6.07) is 19.1. The van der Waals surface area contributed by atoms with Crippen molar-refractivity contribution < 1.29 is 4.39 Å². The highest BCUT2D eigenvalue weighted by Crippen LogP contribution is 2.26. The molecule has 0 aliphatic carbocycles. The number of halogens is 1. The molecule has 0 saturated carbocycles. The highest BCUT2D eigenvalue weighted by Gasteiger charge is 2.22. The maximum Gasteiger partial charge on any atom is 0.123 e. The van der Waals surface area contributed by atoms with E-state index in [0.717, 1.165) is 43.0 Å². The molecule has 0 radical (unpaired) electrons. The van der Waals surface area contributed by atoms with Crippen molar-refractivity contribution in [2.24, 2.45) is 0 Å². The molecule has 4 rings (SSSR count). The van der Waals surface area contributed by atoms with Gasteiger partial charge in [0, 0.05) is 43.0 Å². The van der Waals surface area contributed by atoms with Crippen LogP contribution >= 0.6 is 0 Å². The molecule has 138 valence electrons. The lowest BCUT2D eigenvalue weighted by atomic mass is 9.93. The first-order valence-corrected chi connectivity index (χ1v) is 9.59. The number of rotatable bonds is 5. The third-order valence-corrected chi connectivity index (χ3v) is 5.16. The maximum absolute atomic E-state index is 13.1. The molecule has 4 heteroatoms. The predicted octanol–water partition coefficient (Wildman–Crippen LogP) is 4.59. The average Bonchev–Trinajstić information content (AvgIpc) is 2.71. The van der Waals surface area contributed by atoms with E-state index in [1.54, 1.807) is 0 Å². The summed E-state index contributed by atoms with van der Waals surface area (Å²) in [4.78, 5) is 11.9. The zero-order valence-corrected chi connectivity index (χ0v) is 15.4. The van der Waals surface area contributed by atoms with E-state index < -0.39 is 0 Å². The molecular weight excluding hydrogens is 337 g/mol. The minimum Gasteiger partial charge on any atom is -0.297 e. The smallest absolute Gasteiger partial charge is 0.123 e. The van der Waals surface area contributed by atoms with E-state index >= 15 is 0 Å². The van der Waals surface area contributed by atoms with Crippen molar-refractivity contribution >= 4 is 0 Å². The number of hydrogen-bond donors (Lipinski definition) is 0. The van der Waals surface area contributed by atoms with Gasteiger partial charge < -0.3 is 0 Å². The van der Waals surface area contributed by atoms with Crippen LogP contribution in [0.2, 0.25) is 0 Å². The number of aromatic nitrogens is 2. The van der Waals surface area contributed by atoms with Gasteiger partial charge in [-0.3, -0.25) is 14.9 Å². The van der Waals surface area contributed by atoms with E-state index in [2.05, 4.69) is 34.1 Å². The molecule has 1 atom stereocenters. The molecule has 3 nitrogen and oxygen atoms in total. The van der Waals surface area contributed by atoms with Gasteiger partial charge in [-0.25, -0.2) is 4.39 Å². The molecular formula is C23H24FN3. The highest BCUT2D eigenvalue weighted by atomic mass is 19.1. The molecule has 27 heavy (non-hydrogen) atoms. The van der Waals surface area contributed by atoms with Crippen LogP contribution in [0.3, 0.4) is 0 Å². The van der Waals surface area contributed by atoms with Gasteiger partial charge in [0.25, 0.3) is 0 Å². The van der Waals surface area contributed by atoms with Gasteiger partial charge in [-0.2, -0.15) is 0 Å². The second-order valence-electron chi connectivity index (χ2n) is 7.25. The van der Waals surface area contributed by atoms with Crippen LogP contribution in [0.1, 0.15) is 41.4 Å². The molecule has 2 aromatic heterocycles. The van der Waals surface area contributed by atoms with E-state index in [-0.39, 0.29) is 5.82 Å². The normalized spacial score (nSPS) is 17.7. The Kier molecular flexibility index (Phi) is 5.54. The Hall–Kier alpha value is -2.59. The molecule has 3 aromatic rings. The largest absolute Gasteiger partial charge is 0.297 e. The van der Waals surface area contributed by atoms with E-state index in [1.807, 2.05) is 30.5 Å². The van der Waals surface area contributed by atoms with Gasteiger partial charge in [-0.15, -0.1) is 0 Å². The molecule has 0 N–H and O–H groups in total. The maximum atomic E-state index is 13.1. The molecule has 0 unspecified atom stereocenters. The summed E-state index contributed by atoms with van der Waals surface area (Å²) in [6.45, 7) is 3.03. The van der Waals surface area contributed by atoms with Crippen LogP contribution in [-0.2, 0) is 13.0 Å². The lowest BCUT2D eigenvalue weighted by Gasteiger charge is -2.32. The Balaban J connectivity index is 1.43. The fraction of sp³-hybridized carbons (Fsp3) is 0.304. The van der Waals surface area contributed by atoms with Gasteiger partial charge in [0.1, 0.15) is 5.82 Å². The van der Waals surface area contributed by atoms with Gasteiger partial charge in [0.2, 0.25) is 0 Å². The van der Waals surface area contributed by atoms with Gasteiger partial charge >= 0.3 is 0 Å². The van der Waals surface area contributed by atoms with Crippen LogP contribution in [0.15, 0.2) is 66.9 Å². The van der Waals surface area contributed by atoms with Crippen molar-refractivity contribution in [3.05, 3.63) is 95.3 Å². The van der Waals surface area contributed by atoms with E-state index in [9.17, 15) is 4.39 Å². The van der Waals surface area contributed by atoms with Crippen molar-refractivity contribution in [3.63, 3.8) is 0 Å². The second kappa shape index (κ2) is 8.40. The molecule has 0 bridgehead atoms. The van der Waals surface area contributed by atoms with E-state index in [4.69, 9.17) is 4.98 Å². The number of benzene rings is 1. The molecule has 1 aromatic carbocycles. The van der Waals surface area contributed by atoms with Crippen molar-refractivity contribution in [2.75, 3.05) is 13.1 Å². The molecule has 0 amide bonds. The third kappa shape index (κ3) is 4.77. The van der Waals surface area contributed by atoms with Gasteiger partial charge in [-0.1, -0.05) is 24.3 Å². The molecule has 0 spiro atoms. The molecule has 1 saturated heterocycles. The van der Waals surface area contributed by atoms with Crippen molar-refractivity contribution in [1.82, 2.24) is 14.9 Å². The number of likely N-dealkylation sites (tertiary alicyclic amines) is 1. The average molecular weight is 361 g/mol. The quantitative estimate of drug-likeness (QED) is 0.666. The topological polar surface area (TPSA) is 29.0 Å². The summed E-state index contributed by atoms with van der Waals surface area (Å²) in [5, 5.41) is 0. The number of piperidine rings is 1. The number of pyridine rings is 2. The third-order valence-electron chi connectivity index (χ3n) is 5.16. The summed E-state index contributed by atoms with van der Waals surface area (Å²) in [5.74, 6) is 0.256. The Morgan fingerprint density at radius 3 is 2.63 bits per heavy atom. The van der Waals surface area contributed by atoms with Crippen LogP contribution in [-0.4, -0.2) is 28.0 Å². The zero-order chi connectivity index (χ0) is 18.5. The lowest BCUT2D eigenvalue weighted by Crippen LogP contribution is -2.34. The predicted molar refractivity (Wildman–Crippen MR) is 105 cm³/mol. The van der Waals surface area contributed by atoms with Crippen molar-refractivity contribution in [2.45, 2.75) is 31.7 Å². The van der Waals surface area contributed by atoms with Gasteiger partial charge in [0.05, 0.1) is 5.69 Å². The van der Waals surface area contributed by atoms with Crippen LogP contribution < -0.4 is 0 Å². The van der Waals surface area contributed by atoms with Gasteiger partial charge in [0.15, 0.2) is 0 Å². The fourth-order valence-electron chi connectivity index (χ4n) is 3.80. The van der Waals surface area contributed by atoms with Crippen LogP contribution in [0.25, 0.3) is 0 Å². The van der Waals surface area contributed by atoms with E-state index in [1.165, 1.54) is 30.7 Å². The van der Waals surface area contributed by atoms with Crippen LogP contribution in [0, 0.1) is 5.82 Å². The van der Waals surface area contributed by atoms with Crippen molar-refractivity contribution in [3.8, 4) is 0 Å². The molecule has 1 fully saturated rings. The standard InChI is InChI=1S/C23H24FN3/c24-20-11-9-18(10-12-20)15-21-7-3-8-23(26-21)19-5-4-14-27(16-19)17-22-6-1-2-13-25-22/h1-3,6-13,19H,4-5,14-17H2/t19-/m1/s1. The Morgan fingerprint density at radius 1 is 0.963 bits per heavy atom. The Labute approximate surface area is 159 Å². The first-order valence-electron chi connectivity index (χ1n) is 9.59. The van der Waals surface area contributed by atoms with Crippen LogP contribution in [0.4, 0.5) is 4.39 Å². The van der Waals surface area contributed by atoms with Crippen LogP contribution in [0.5, 0.6) is 0 Å². The summed E-state index contributed by atoms with van der Waals surface area (Å²) in [7, 11) is 0. The fourth-order valence-corrected chi connectivity index (χ4v) is 3.80. The lowest BCUT2D eigenvalue weighted by molar-refractivity contribution is 0.196. The summed E-state index contributed by atoms with van der Waals surface area (Å²) in [6.07, 6.45) is 4.95. The summed E-state index contributed by atoms with van der Waals surface area (Å²) >= 11 is 0. The highest BCUT2D eigenvalue weighted by molar-refractivity contribution is 5.24. The number of hydrogen-bond acceptors (Lipinski definition) is 3. The monoisotopic (exact) mass is 361 g/mol. The SMILES string of the molecule is Fc1ccc(Cc2cccc([C@@H]3CCCN(Cc4ccccn4)C3)n2)cc1. The number of nitrogens with zero attached hydrogens (tertiary/aromatic N) is 3. The molecule has 1 aliphatic heterocycles. The van der Waals surface area contributed by atoms with Crippen molar-refractivity contribution in [1.29, 1.82) is 0 Å². The first-order chi connectivity index (χ1) is 13.3. The minimum absolute atomic E-state index is 0.198. The summed E-state index contributed by atoms with van der Waals surface area (Å²) < 4.78 is 13.1. The van der Waals surface area contributed by atoms with E-state index in [0.29, 0.717) is 5.92 Å².